The molecule has 0 bridgehead atoms. The van der Waals surface area contributed by atoms with Crippen molar-refractivity contribution < 1.29 is 37.3 Å². The van der Waals surface area contributed by atoms with E-state index in [0.29, 0.717) is 32.7 Å². The number of ether oxygens (including phenoxy) is 3. The summed E-state index contributed by atoms with van der Waals surface area (Å²) in [5.74, 6) is -2.39. The molecule has 0 aromatic heterocycles. The first-order chi connectivity index (χ1) is 14.7. The van der Waals surface area contributed by atoms with Crippen molar-refractivity contribution in [1.29, 1.82) is 0 Å². The summed E-state index contributed by atoms with van der Waals surface area (Å²) in [6.45, 7) is 1.44. The van der Waals surface area contributed by atoms with Gasteiger partial charge in [-0.15, -0.1) is 0 Å². The quantitative estimate of drug-likeness (QED) is 0.186. The Labute approximate surface area is 195 Å². The molecule has 0 heterocycles. The first-order valence-electron chi connectivity index (χ1n) is 9.80. The molecule has 2 rings (SSSR count). The summed E-state index contributed by atoms with van der Waals surface area (Å²) in [6.07, 6.45) is 0.955. The van der Waals surface area contributed by atoms with E-state index in [-0.39, 0.29) is 46.6 Å². The number of benzene rings is 1. The predicted octanol–water partition coefficient (Wildman–Crippen LogP) is 2.46. The van der Waals surface area contributed by atoms with E-state index < -0.39 is 27.6 Å². The molecule has 0 radical (unpaired) electrons. The highest BCUT2D eigenvalue weighted by molar-refractivity contribution is 9.09. The van der Waals surface area contributed by atoms with Crippen molar-refractivity contribution in [3.63, 3.8) is 0 Å². The van der Waals surface area contributed by atoms with Crippen LogP contribution in [0.1, 0.15) is 29.6 Å². The number of aliphatic hydroxyl groups excluding tert-OH is 1. The summed E-state index contributed by atoms with van der Waals surface area (Å²) in [4.78, 5) is 25.0. The average molecular weight is 542 g/mol. The standard InChI is InChI=1S/C20H26BrClO8S/c1-31(26,27)16-6-5-13(19(25)17-14(23)3-2-4-15(17)24)18(22)20(16)30-12-11-29-10-9-28-8-7-21/h5-6,14,17,23H,2-4,7-12H2,1H3. The summed E-state index contributed by atoms with van der Waals surface area (Å²) in [6, 6.07) is 2.47. The van der Waals surface area contributed by atoms with Crippen molar-refractivity contribution in [3.8, 4) is 5.75 Å². The van der Waals surface area contributed by atoms with Gasteiger partial charge in [-0.1, -0.05) is 27.5 Å². The van der Waals surface area contributed by atoms with Crippen LogP contribution in [0.15, 0.2) is 17.0 Å². The predicted molar refractivity (Wildman–Crippen MR) is 118 cm³/mol. The third-order valence-corrected chi connectivity index (χ3v) is 6.55. The minimum atomic E-state index is -3.70. The fraction of sp³-hybridized carbons (Fsp3) is 0.600. The Kier molecular flexibility index (Phi) is 10.4. The number of halogens is 2. The molecule has 0 saturated heterocycles. The van der Waals surface area contributed by atoms with Gasteiger partial charge in [-0.3, -0.25) is 9.59 Å². The van der Waals surface area contributed by atoms with Crippen LogP contribution >= 0.6 is 27.5 Å². The van der Waals surface area contributed by atoms with E-state index in [9.17, 15) is 23.1 Å². The van der Waals surface area contributed by atoms with Crippen molar-refractivity contribution in [3.05, 3.63) is 22.7 Å². The Balaban J connectivity index is 2.17. The topological polar surface area (TPSA) is 116 Å². The molecule has 1 aliphatic rings. The van der Waals surface area contributed by atoms with Gasteiger partial charge in [-0.05, 0) is 25.0 Å². The Morgan fingerprint density at radius 1 is 1.19 bits per heavy atom. The first kappa shape index (κ1) is 26.2. The molecular formula is C20H26BrClO8S. The average Bonchev–Trinajstić information content (AvgIpc) is 2.69. The number of hydrogen-bond donors (Lipinski definition) is 1. The molecule has 31 heavy (non-hydrogen) atoms. The zero-order chi connectivity index (χ0) is 23.0. The van der Waals surface area contributed by atoms with Crippen LogP contribution in [-0.4, -0.2) is 75.8 Å². The summed E-state index contributed by atoms with van der Waals surface area (Å²) >= 11 is 9.60. The Morgan fingerprint density at radius 2 is 1.84 bits per heavy atom. The van der Waals surface area contributed by atoms with Crippen molar-refractivity contribution >= 4 is 48.9 Å². The van der Waals surface area contributed by atoms with Crippen LogP contribution < -0.4 is 4.74 Å². The second-order valence-corrected chi connectivity index (χ2v) is 10.2. The third kappa shape index (κ3) is 7.23. The van der Waals surface area contributed by atoms with Gasteiger partial charge < -0.3 is 19.3 Å². The second-order valence-electron chi connectivity index (χ2n) is 7.06. The van der Waals surface area contributed by atoms with Crippen LogP contribution in [0, 0.1) is 5.92 Å². The lowest BCUT2D eigenvalue weighted by Gasteiger charge is -2.26. The number of hydrogen-bond acceptors (Lipinski definition) is 8. The van der Waals surface area contributed by atoms with E-state index in [1.54, 1.807) is 0 Å². The fourth-order valence-corrected chi connectivity index (χ4v) is 4.66. The van der Waals surface area contributed by atoms with Crippen molar-refractivity contribution in [1.82, 2.24) is 0 Å². The molecule has 2 unspecified atom stereocenters. The number of aliphatic hydroxyl groups is 1. The zero-order valence-electron chi connectivity index (χ0n) is 17.1. The summed E-state index contributed by atoms with van der Waals surface area (Å²) < 4.78 is 40.5. The maximum Gasteiger partial charge on any atom is 0.179 e. The van der Waals surface area contributed by atoms with Gasteiger partial charge in [-0.25, -0.2) is 8.42 Å². The fourth-order valence-electron chi connectivity index (χ4n) is 3.24. The number of rotatable bonds is 12. The third-order valence-electron chi connectivity index (χ3n) is 4.73. The number of alkyl halides is 1. The number of carbonyl (C=O) groups excluding carboxylic acids is 2. The smallest absolute Gasteiger partial charge is 0.179 e. The maximum absolute atomic E-state index is 12.9. The Hall–Kier alpha value is -1.04. The highest BCUT2D eigenvalue weighted by Gasteiger charge is 2.38. The second kappa shape index (κ2) is 12.3. The molecule has 0 spiro atoms. The van der Waals surface area contributed by atoms with Crippen molar-refractivity contribution in [2.24, 2.45) is 5.92 Å². The molecule has 174 valence electrons. The maximum atomic E-state index is 12.9. The Bertz CT molecular complexity index is 889. The minimum Gasteiger partial charge on any atom is -0.488 e. The van der Waals surface area contributed by atoms with Gasteiger partial charge in [0.2, 0.25) is 0 Å². The van der Waals surface area contributed by atoms with Gasteiger partial charge in [0.15, 0.2) is 21.4 Å². The molecule has 11 heteroatoms. The van der Waals surface area contributed by atoms with Crippen LogP contribution in [-0.2, 0) is 24.1 Å². The molecule has 8 nitrogen and oxygen atoms in total. The molecular weight excluding hydrogens is 516 g/mol. The van der Waals surface area contributed by atoms with E-state index in [1.165, 1.54) is 12.1 Å². The van der Waals surface area contributed by atoms with Crippen molar-refractivity contribution in [2.45, 2.75) is 30.3 Å². The first-order valence-corrected chi connectivity index (χ1v) is 13.2. The van der Waals surface area contributed by atoms with Crippen LogP contribution in [0.5, 0.6) is 5.75 Å². The van der Waals surface area contributed by atoms with Crippen LogP contribution in [0.4, 0.5) is 0 Å². The van der Waals surface area contributed by atoms with Gasteiger partial charge >= 0.3 is 0 Å². The van der Waals surface area contributed by atoms with Crippen LogP contribution in [0.3, 0.4) is 0 Å². The lowest BCUT2D eigenvalue weighted by molar-refractivity contribution is -0.126. The number of ketones is 2. The van der Waals surface area contributed by atoms with Gasteiger partial charge in [0.05, 0.1) is 37.6 Å². The summed E-state index contributed by atoms with van der Waals surface area (Å²) in [5, 5.41) is 10.7. The minimum absolute atomic E-state index is 0.0106. The number of sulfone groups is 1. The summed E-state index contributed by atoms with van der Waals surface area (Å²) in [7, 11) is -3.70. The molecule has 1 aromatic carbocycles. The lowest BCUT2D eigenvalue weighted by atomic mass is 9.80. The monoisotopic (exact) mass is 540 g/mol. The molecule has 1 N–H and O–H groups in total. The van der Waals surface area contributed by atoms with E-state index in [2.05, 4.69) is 15.9 Å². The molecule has 1 aliphatic carbocycles. The number of carbonyl (C=O) groups is 2. The molecule has 2 atom stereocenters. The summed E-state index contributed by atoms with van der Waals surface area (Å²) in [5.41, 5.74) is -0.0625. The van der Waals surface area contributed by atoms with E-state index in [1.807, 2.05) is 0 Å². The van der Waals surface area contributed by atoms with Crippen LogP contribution in [0.2, 0.25) is 5.02 Å². The molecule has 0 aliphatic heterocycles. The van der Waals surface area contributed by atoms with E-state index in [0.717, 1.165) is 11.6 Å². The lowest BCUT2D eigenvalue weighted by Crippen LogP contribution is -2.38. The van der Waals surface area contributed by atoms with Crippen LogP contribution in [0.25, 0.3) is 0 Å². The van der Waals surface area contributed by atoms with Crippen molar-refractivity contribution in [2.75, 3.05) is 44.6 Å². The molecule has 1 aromatic rings. The Morgan fingerprint density at radius 3 is 2.45 bits per heavy atom. The van der Waals surface area contributed by atoms with Gasteiger partial charge in [0.1, 0.15) is 23.2 Å². The molecule has 1 saturated carbocycles. The van der Waals surface area contributed by atoms with E-state index >= 15 is 0 Å². The molecule has 0 amide bonds. The highest BCUT2D eigenvalue weighted by Crippen LogP contribution is 2.37. The van der Waals surface area contributed by atoms with E-state index in [4.69, 9.17) is 25.8 Å². The van der Waals surface area contributed by atoms with Gasteiger partial charge in [-0.2, -0.15) is 0 Å². The highest BCUT2D eigenvalue weighted by atomic mass is 79.9. The largest absolute Gasteiger partial charge is 0.488 e. The van der Waals surface area contributed by atoms with Gasteiger partial charge in [0, 0.05) is 23.6 Å². The van der Waals surface area contributed by atoms with Gasteiger partial charge in [0.25, 0.3) is 0 Å². The zero-order valence-corrected chi connectivity index (χ0v) is 20.3. The number of Topliss-reactive ketones (excluding diaryl/α,β-unsaturated/α-hetero) is 2. The normalized spacial score (nSPS) is 19.4. The SMILES string of the molecule is CS(=O)(=O)c1ccc(C(=O)C2C(=O)CCCC2O)c(Cl)c1OCCOCCOCCBr. The molecule has 1 fully saturated rings.